The summed E-state index contributed by atoms with van der Waals surface area (Å²) in [5.41, 5.74) is -0.455. The minimum atomic E-state index is -0.455. The highest BCUT2D eigenvalue weighted by Crippen LogP contribution is 2.34. The van der Waals surface area contributed by atoms with Gasteiger partial charge in [0.1, 0.15) is 11.4 Å². The molecule has 2 atom stereocenters. The van der Waals surface area contributed by atoms with E-state index >= 15 is 0 Å². The van der Waals surface area contributed by atoms with Crippen molar-refractivity contribution >= 4 is 22.0 Å². The molecule has 5 heteroatoms. The van der Waals surface area contributed by atoms with Crippen molar-refractivity contribution in [3.05, 3.63) is 24.2 Å². The zero-order chi connectivity index (χ0) is 14.0. The number of halogens is 1. The maximum atomic E-state index is 12.1. The Bertz CT molecular complexity index is 424. The molecule has 0 saturated carbocycles. The average Bonchev–Trinajstić information content (AvgIpc) is 2.95. The van der Waals surface area contributed by atoms with E-state index in [4.69, 9.17) is 9.15 Å². The van der Waals surface area contributed by atoms with Gasteiger partial charge in [-0.2, -0.15) is 0 Å². The molecule has 2 rings (SSSR count). The molecule has 19 heavy (non-hydrogen) atoms. The Kier molecular flexibility index (Phi) is 4.23. The first kappa shape index (κ1) is 14.4. The molecule has 1 saturated heterocycles. The summed E-state index contributed by atoms with van der Waals surface area (Å²) in [6, 6.07) is 3.86. The second-order valence-corrected chi connectivity index (χ2v) is 6.57. The number of amides is 1. The van der Waals surface area contributed by atoms with E-state index in [9.17, 15) is 4.79 Å². The van der Waals surface area contributed by atoms with Crippen molar-refractivity contribution in [3.8, 4) is 0 Å². The maximum absolute atomic E-state index is 12.1. The number of furan rings is 1. The number of carbonyl (C=O) groups excluding carboxylic acids is 1. The van der Waals surface area contributed by atoms with Gasteiger partial charge in [-0.05, 0) is 38.8 Å². The number of alkyl halides is 1. The first-order valence-electron chi connectivity index (χ1n) is 6.48. The summed E-state index contributed by atoms with van der Waals surface area (Å²) in [6.07, 6.45) is 1.43. The van der Waals surface area contributed by atoms with Crippen LogP contribution in [-0.2, 0) is 4.74 Å². The largest absolute Gasteiger partial charge is 0.469 e. The van der Waals surface area contributed by atoms with E-state index in [2.05, 4.69) is 15.9 Å². The maximum Gasteiger partial charge on any atom is 0.410 e. The van der Waals surface area contributed by atoms with Gasteiger partial charge in [-0.25, -0.2) is 4.79 Å². The third-order valence-electron chi connectivity index (χ3n) is 3.20. The Morgan fingerprint density at radius 1 is 1.53 bits per heavy atom. The van der Waals surface area contributed by atoms with Gasteiger partial charge in [0, 0.05) is 24.3 Å². The summed E-state index contributed by atoms with van der Waals surface area (Å²) in [6.45, 7) is 7.00. The Morgan fingerprint density at radius 2 is 2.26 bits per heavy atom. The molecule has 1 aromatic heterocycles. The minimum Gasteiger partial charge on any atom is -0.469 e. The smallest absolute Gasteiger partial charge is 0.410 e. The van der Waals surface area contributed by atoms with E-state index in [-0.39, 0.29) is 12.0 Å². The number of hydrogen-bond donors (Lipinski definition) is 0. The molecule has 0 spiro atoms. The average molecular weight is 330 g/mol. The van der Waals surface area contributed by atoms with Crippen LogP contribution in [0.15, 0.2) is 22.8 Å². The highest BCUT2D eigenvalue weighted by molar-refractivity contribution is 9.09. The number of hydrogen-bond acceptors (Lipinski definition) is 3. The lowest BCUT2D eigenvalue weighted by Gasteiger charge is -2.24. The Morgan fingerprint density at radius 3 is 2.79 bits per heavy atom. The van der Waals surface area contributed by atoms with E-state index in [0.717, 1.165) is 11.1 Å². The second-order valence-electron chi connectivity index (χ2n) is 5.92. The van der Waals surface area contributed by atoms with Crippen LogP contribution in [0.1, 0.15) is 32.4 Å². The number of carbonyl (C=O) groups is 1. The van der Waals surface area contributed by atoms with Crippen LogP contribution in [0.4, 0.5) is 4.79 Å². The molecule has 0 aliphatic carbocycles. The van der Waals surface area contributed by atoms with Crippen LogP contribution >= 0.6 is 15.9 Å². The molecule has 0 N–H and O–H groups in total. The lowest BCUT2D eigenvalue weighted by Crippen LogP contribution is -2.35. The van der Waals surface area contributed by atoms with Crippen molar-refractivity contribution in [2.45, 2.75) is 32.3 Å². The van der Waals surface area contributed by atoms with Gasteiger partial charge in [0.25, 0.3) is 0 Å². The lowest BCUT2D eigenvalue weighted by molar-refractivity contribution is 0.0287. The molecule has 2 heterocycles. The zero-order valence-corrected chi connectivity index (χ0v) is 13.1. The van der Waals surface area contributed by atoms with E-state index in [1.165, 1.54) is 0 Å². The molecule has 1 aromatic rings. The first-order valence-corrected chi connectivity index (χ1v) is 7.60. The number of ether oxygens (including phenoxy) is 1. The van der Waals surface area contributed by atoms with Gasteiger partial charge in [0.2, 0.25) is 0 Å². The fourth-order valence-electron chi connectivity index (χ4n) is 2.33. The normalized spacial score (nSPS) is 23.7. The Balaban J connectivity index is 2.05. The summed E-state index contributed by atoms with van der Waals surface area (Å²) in [5, 5.41) is 0.845. The quantitative estimate of drug-likeness (QED) is 0.778. The molecule has 1 fully saturated rings. The van der Waals surface area contributed by atoms with E-state index in [1.807, 2.05) is 32.9 Å². The van der Waals surface area contributed by atoms with Gasteiger partial charge in [-0.15, -0.1) is 0 Å². The molecule has 4 nitrogen and oxygen atoms in total. The third-order valence-corrected chi connectivity index (χ3v) is 4.03. The SMILES string of the molecule is CC(C)(C)OC(=O)N1C[C@@H](CBr)[C@H](c2ccco2)C1. The third kappa shape index (κ3) is 3.53. The molecule has 0 unspecified atom stereocenters. The molecule has 0 bridgehead atoms. The van der Waals surface area contributed by atoms with E-state index in [1.54, 1.807) is 11.2 Å². The summed E-state index contributed by atoms with van der Waals surface area (Å²) < 4.78 is 10.9. The van der Waals surface area contributed by atoms with Crippen LogP contribution in [0.2, 0.25) is 0 Å². The molecular weight excluding hydrogens is 310 g/mol. The van der Waals surface area contributed by atoms with Gasteiger partial charge in [-0.1, -0.05) is 15.9 Å². The Labute approximate surface area is 122 Å². The minimum absolute atomic E-state index is 0.238. The summed E-state index contributed by atoms with van der Waals surface area (Å²) in [4.78, 5) is 13.9. The summed E-state index contributed by atoms with van der Waals surface area (Å²) >= 11 is 3.52. The van der Waals surface area contributed by atoms with Crippen LogP contribution in [0.3, 0.4) is 0 Å². The van der Waals surface area contributed by atoms with Crippen molar-refractivity contribution in [1.29, 1.82) is 0 Å². The van der Waals surface area contributed by atoms with Crippen molar-refractivity contribution in [2.24, 2.45) is 5.92 Å². The zero-order valence-electron chi connectivity index (χ0n) is 11.6. The van der Waals surface area contributed by atoms with Crippen LogP contribution in [0.25, 0.3) is 0 Å². The highest BCUT2D eigenvalue weighted by Gasteiger charge is 2.38. The van der Waals surface area contributed by atoms with Gasteiger partial charge >= 0.3 is 6.09 Å². The number of likely N-dealkylation sites (tertiary alicyclic amines) is 1. The van der Waals surface area contributed by atoms with Gasteiger partial charge in [0.15, 0.2) is 0 Å². The standard InChI is InChI=1S/C14H20BrNO3/c1-14(2,3)19-13(17)16-8-10(7-15)11(9-16)12-5-4-6-18-12/h4-6,10-11H,7-9H2,1-3H3/t10-,11-/m1/s1. The van der Waals surface area contributed by atoms with Crippen molar-refractivity contribution < 1.29 is 13.9 Å². The predicted molar refractivity (Wildman–Crippen MR) is 76.5 cm³/mol. The van der Waals surface area contributed by atoms with Crippen molar-refractivity contribution in [3.63, 3.8) is 0 Å². The van der Waals surface area contributed by atoms with Gasteiger partial charge in [0.05, 0.1) is 6.26 Å². The molecule has 106 valence electrons. The lowest BCUT2D eigenvalue weighted by atomic mass is 9.96. The van der Waals surface area contributed by atoms with Crippen LogP contribution in [0, 0.1) is 5.92 Å². The van der Waals surface area contributed by atoms with Gasteiger partial charge in [-0.3, -0.25) is 0 Å². The molecule has 0 aromatic carbocycles. The molecule has 1 aliphatic heterocycles. The van der Waals surface area contributed by atoms with Crippen LogP contribution in [0.5, 0.6) is 0 Å². The molecular formula is C14H20BrNO3. The number of rotatable bonds is 2. The Hall–Kier alpha value is -0.970. The number of nitrogens with zero attached hydrogens (tertiary/aromatic N) is 1. The summed E-state index contributed by atoms with van der Waals surface area (Å²) in [5.74, 6) is 1.54. The molecule has 1 aliphatic rings. The van der Waals surface area contributed by atoms with Crippen LogP contribution < -0.4 is 0 Å². The van der Waals surface area contributed by atoms with Crippen molar-refractivity contribution in [1.82, 2.24) is 4.90 Å². The first-order chi connectivity index (χ1) is 8.90. The van der Waals surface area contributed by atoms with Crippen molar-refractivity contribution in [2.75, 3.05) is 18.4 Å². The van der Waals surface area contributed by atoms with Crippen LogP contribution in [-0.4, -0.2) is 35.0 Å². The highest BCUT2D eigenvalue weighted by atomic mass is 79.9. The molecule has 1 amide bonds. The monoisotopic (exact) mass is 329 g/mol. The van der Waals surface area contributed by atoms with E-state index in [0.29, 0.717) is 19.0 Å². The predicted octanol–water partition coefficient (Wildman–Crippen LogP) is 3.63. The fourth-order valence-corrected chi connectivity index (χ4v) is 2.98. The second kappa shape index (κ2) is 5.57. The molecule has 0 radical (unpaired) electrons. The summed E-state index contributed by atoms with van der Waals surface area (Å²) in [7, 11) is 0. The van der Waals surface area contributed by atoms with E-state index < -0.39 is 5.60 Å². The fraction of sp³-hybridized carbons (Fsp3) is 0.643. The van der Waals surface area contributed by atoms with Gasteiger partial charge < -0.3 is 14.1 Å². The topological polar surface area (TPSA) is 42.7 Å².